The fourth-order valence-electron chi connectivity index (χ4n) is 2.63. The van der Waals surface area contributed by atoms with Gasteiger partial charge in [0.15, 0.2) is 0 Å². The Labute approximate surface area is 118 Å². The van der Waals surface area contributed by atoms with Crippen LogP contribution in [0.1, 0.15) is 11.1 Å². The average molecular weight is 271 g/mol. The highest BCUT2D eigenvalue weighted by Gasteiger charge is 2.25. The van der Waals surface area contributed by atoms with Crippen molar-refractivity contribution >= 4 is 0 Å². The minimum absolute atomic E-state index is 0.165. The first kappa shape index (κ1) is 13.0. The molecule has 1 aliphatic rings. The summed E-state index contributed by atoms with van der Waals surface area (Å²) in [4.78, 5) is 0. The van der Waals surface area contributed by atoms with Crippen LogP contribution in [0.4, 0.5) is 4.39 Å². The maximum atomic E-state index is 13.9. The van der Waals surface area contributed by atoms with Gasteiger partial charge in [-0.3, -0.25) is 0 Å². The highest BCUT2D eigenvalue weighted by atomic mass is 19.1. The Balaban J connectivity index is 2.23. The van der Waals surface area contributed by atoms with Crippen LogP contribution in [0.25, 0.3) is 11.1 Å². The van der Waals surface area contributed by atoms with Crippen LogP contribution in [0.3, 0.4) is 0 Å². The van der Waals surface area contributed by atoms with Crippen LogP contribution < -0.4 is 9.47 Å². The van der Waals surface area contributed by atoms with Crippen molar-refractivity contribution in [2.45, 2.75) is 19.4 Å². The zero-order valence-electron chi connectivity index (χ0n) is 11.6. The third-order valence-corrected chi connectivity index (χ3v) is 3.51. The van der Waals surface area contributed by atoms with E-state index in [9.17, 15) is 4.39 Å². The molecule has 2 nitrogen and oxygen atoms in total. The summed E-state index contributed by atoms with van der Waals surface area (Å²) >= 11 is 0. The van der Waals surface area contributed by atoms with E-state index in [2.05, 4.69) is 6.92 Å². The molecule has 0 aliphatic carbocycles. The molecule has 0 N–H and O–H groups in total. The minimum atomic E-state index is -0.264. The molecule has 2 aromatic carbocycles. The molecule has 2 aromatic rings. The lowest BCUT2D eigenvalue weighted by Crippen LogP contribution is -2.06. The van der Waals surface area contributed by atoms with Gasteiger partial charge in [0.25, 0.3) is 0 Å². The van der Waals surface area contributed by atoms with Crippen molar-refractivity contribution in [3.05, 3.63) is 54.2 Å². The van der Waals surface area contributed by atoms with Gasteiger partial charge in [0, 0.05) is 23.1 Å². The largest absolute Gasteiger partial charge is 0.496 e. The minimum Gasteiger partial charge on any atom is -0.496 e. The van der Waals surface area contributed by atoms with Gasteiger partial charge in [-0.05, 0) is 38.1 Å². The van der Waals surface area contributed by atoms with Crippen LogP contribution in [0.5, 0.6) is 11.5 Å². The molecule has 103 valence electrons. The average Bonchev–Trinajstić information content (AvgIpc) is 2.77. The highest BCUT2D eigenvalue weighted by Crippen LogP contribution is 2.43. The van der Waals surface area contributed by atoms with E-state index in [4.69, 9.17) is 9.47 Å². The molecule has 1 aliphatic heterocycles. The summed E-state index contributed by atoms with van der Waals surface area (Å²) in [5.74, 6) is 1.16. The van der Waals surface area contributed by atoms with Crippen molar-refractivity contribution < 1.29 is 13.9 Å². The Kier molecular flexibility index (Phi) is 3.13. The smallest absolute Gasteiger partial charge is 0.131 e. The maximum Gasteiger partial charge on any atom is 0.131 e. The SMILES string of the molecule is [CH2]C1Cc2cc(F)cc(-c3cc(C)ccc3OC)c2O1. The van der Waals surface area contributed by atoms with Gasteiger partial charge in [-0.1, -0.05) is 11.6 Å². The van der Waals surface area contributed by atoms with Crippen molar-refractivity contribution in [2.75, 3.05) is 7.11 Å². The standard InChI is InChI=1S/C17H16FO2/c1-10-4-5-16(19-3)14(6-10)15-9-13(18)8-12-7-11(2)20-17(12)15/h4-6,8-9,11H,2,7H2,1,3H3. The summed E-state index contributed by atoms with van der Waals surface area (Å²) < 4.78 is 25.0. The molecule has 0 aromatic heterocycles. The fourth-order valence-corrected chi connectivity index (χ4v) is 2.63. The van der Waals surface area contributed by atoms with Gasteiger partial charge in [-0.15, -0.1) is 0 Å². The highest BCUT2D eigenvalue weighted by molar-refractivity contribution is 5.78. The monoisotopic (exact) mass is 271 g/mol. The van der Waals surface area contributed by atoms with E-state index in [1.165, 1.54) is 12.1 Å². The predicted octanol–water partition coefficient (Wildman–Crippen LogP) is 3.95. The van der Waals surface area contributed by atoms with Crippen molar-refractivity contribution in [1.82, 2.24) is 0 Å². The van der Waals surface area contributed by atoms with E-state index in [0.717, 1.165) is 28.0 Å². The van der Waals surface area contributed by atoms with Gasteiger partial charge in [0.2, 0.25) is 0 Å². The first-order valence-electron chi connectivity index (χ1n) is 6.55. The van der Waals surface area contributed by atoms with Crippen molar-refractivity contribution in [2.24, 2.45) is 0 Å². The Morgan fingerprint density at radius 3 is 2.80 bits per heavy atom. The molecule has 1 unspecified atom stereocenters. The molecule has 0 saturated carbocycles. The van der Waals surface area contributed by atoms with E-state index < -0.39 is 0 Å². The number of halogens is 1. The van der Waals surface area contributed by atoms with Crippen LogP contribution in [-0.4, -0.2) is 13.2 Å². The van der Waals surface area contributed by atoms with E-state index in [0.29, 0.717) is 12.2 Å². The summed E-state index contributed by atoms with van der Waals surface area (Å²) in [6, 6.07) is 8.85. The first-order valence-corrected chi connectivity index (χ1v) is 6.55. The van der Waals surface area contributed by atoms with Gasteiger partial charge >= 0.3 is 0 Å². The lowest BCUT2D eigenvalue weighted by atomic mass is 9.98. The molecule has 1 radical (unpaired) electrons. The van der Waals surface area contributed by atoms with E-state index >= 15 is 0 Å². The van der Waals surface area contributed by atoms with E-state index in [1.807, 2.05) is 25.1 Å². The number of aryl methyl sites for hydroxylation is 1. The molecule has 0 bridgehead atoms. The lowest BCUT2D eigenvalue weighted by Gasteiger charge is -2.14. The number of methoxy groups -OCH3 is 1. The molecular weight excluding hydrogens is 255 g/mol. The van der Waals surface area contributed by atoms with Gasteiger partial charge in [0.1, 0.15) is 23.4 Å². The maximum absolute atomic E-state index is 13.9. The van der Waals surface area contributed by atoms with Crippen molar-refractivity contribution in [3.63, 3.8) is 0 Å². The second-order valence-corrected chi connectivity index (χ2v) is 5.09. The second kappa shape index (κ2) is 4.82. The van der Waals surface area contributed by atoms with Crippen LogP contribution >= 0.6 is 0 Å². The lowest BCUT2D eigenvalue weighted by molar-refractivity contribution is 0.282. The molecule has 1 heterocycles. The summed E-state index contributed by atoms with van der Waals surface area (Å²) in [5, 5.41) is 0. The van der Waals surface area contributed by atoms with Gasteiger partial charge in [-0.2, -0.15) is 0 Å². The summed E-state index contributed by atoms with van der Waals surface area (Å²) in [5.41, 5.74) is 3.52. The van der Waals surface area contributed by atoms with E-state index in [1.54, 1.807) is 7.11 Å². The molecule has 0 amide bonds. The second-order valence-electron chi connectivity index (χ2n) is 5.09. The Hall–Kier alpha value is -2.03. The van der Waals surface area contributed by atoms with Crippen molar-refractivity contribution in [1.29, 1.82) is 0 Å². The van der Waals surface area contributed by atoms with Crippen LogP contribution in [0, 0.1) is 19.7 Å². The number of benzene rings is 2. The molecule has 3 rings (SSSR count). The van der Waals surface area contributed by atoms with Crippen LogP contribution in [0.15, 0.2) is 30.3 Å². The quantitative estimate of drug-likeness (QED) is 0.823. The number of ether oxygens (including phenoxy) is 2. The molecule has 20 heavy (non-hydrogen) atoms. The number of hydrogen-bond acceptors (Lipinski definition) is 2. The number of fused-ring (bicyclic) bond motifs is 1. The third-order valence-electron chi connectivity index (χ3n) is 3.51. The zero-order chi connectivity index (χ0) is 14.3. The Bertz CT molecular complexity index is 664. The van der Waals surface area contributed by atoms with Gasteiger partial charge < -0.3 is 9.47 Å². The van der Waals surface area contributed by atoms with Crippen LogP contribution in [-0.2, 0) is 6.42 Å². The molecule has 0 spiro atoms. The van der Waals surface area contributed by atoms with E-state index in [-0.39, 0.29) is 11.9 Å². The van der Waals surface area contributed by atoms with Crippen molar-refractivity contribution in [3.8, 4) is 22.6 Å². The molecule has 1 atom stereocenters. The molecule has 0 saturated heterocycles. The van der Waals surface area contributed by atoms with Crippen LogP contribution in [0.2, 0.25) is 0 Å². The fraction of sp³-hybridized carbons (Fsp3) is 0.235. The number of hydrogen-bond donors (Lipinski definition) is 0. The van der Waals surface area contributed by atoms with Gasteiger partial charge in [-0.25, -0.2) is 4.39 Å². The number of rotatable bonds is 2. The molecular formula is C17H16FO2. The Morgan fingerprint density at radius 2 is 2.05 bits per heavy atom. The van der Waals surface area contributed by atoms with Gasteiger partial charge in [0.05, 0.1) is 7.11 Å². The summed E-state index contributed by atoms with van der Waals surface area (Å²) in [6.07, 6.45) is 0.468. The topological polar surface area (TPSA) is 18.5 Å². The molecule has 0 fully saturated rings. The normalized spacial score (nSPS) is 16.7. The first-order chi connectivity index (χ1) is 9.58. The predicted molar refractivity (Wildman–Crippen MR) is 76.6 cm³/mol. The zero-order valence-corrected chi connectivity index (χ0v) is 11.6. The summed E-state index contributed by atoms with van der Waals surface area (Å²) in [6.45, 7) is 5.89. The molecule has 3 heteroatoms. The Morgan fingerprint density at radius 1 is 1.25 bits per heavy atom. The third kappa shape index (κ3) is 2.13. The summed E-state index contributed by atoms with van der Waals surface area (Å²) in [7, 11) is 1.61.